The molecule has 3 atom stereocenters. The van der Waals surface area contributed by atoms with E-state index in [-0.39, 0.29) is 81.5 Å². The second kappa shape index (κ2) is 41.0. The maximum atomic E-state index is 12.1. The molecule has 1 aromatic carbocycles. The molecule has 72 heavy (non-hydrogen) atoms. The Hall–Kier alpha value is -5.49. The molecule has 0 spiro atoms. The first-order valence-corrected chi connectivity index (χ1v) is 26.0. The molecular formula is C54H87N5O13. The number of hydrogen-bond acceptors (Lipinski definition) is 14. The molecule has 0 saturated carbocycles. The second-order valence-corrected chi connectivity index (χ2v) is 18.9. The normalized spacial score (nSPS) is 12.4. The Bertz CT molecular complexity index is 1860. The Morgan fingerprint density at radius 3 is 1.64 bits per heavy atom. The van der Waals surface area contributed by atoms with Crippen molar-refractivity contribution in [2.45, 2.75) is 201 Å². The predicted molar refractivity (Wildman–Crippen MR) is 276 cm³/mol. The average Bonchev–Trinajstić information content (AvgIpc) is 3.33. The number of benzene rings is 1. The van der Waals surface area contributed by atoms with Crippen LogP contribution in [0.2, 0.25) is 0 Å². The number of nitrogens with one attached hydrogen (secondary N) is 3. The molecule has 18 nitrogen and oxygen atoms in total. The van der Waals surface area contributed by atoms with Crippen molar-refractivity contribution >= 4 is 64.1 Å². The lowest BCUT2D eigenvalue weighted by Gasteiger charge is -2.13. The number of aliphatic hydroxyl groups is 1. The highest BCUT2D eigenvalue weighted by Gasteiger charge is 2.21. The van der Waals surface area contributed by atoms with Crippen LogP contribution in [0.15, 0.2) is 29.4 Å². The molecule has 0 bridgehead atoms. The van der Waals surface area contributed by atoms with E-state index in [1.165, 1.54) is 58.3 Å². The number of aliphatic carboxylic acids is 1. The van der Waals surface area contributed by atoms with Crippen molar-refractivity contribution in [2.75, 3.05) is 26.3 Å². The molecule has 0 saturated heterocycles. The van der Waals surface area contributed by atoms with Crippen molar-refractivity contribution in [1.29, 1.82) is 0 Å². The minimum atomic E-state index is -1.09. The van der Waals surface area contributed by atoms with Crippen LogP contribution in [-0.4, -0.2) is 113 Å². The maximum Gasteiger partial charge on any atom is 0.306 e. The number of oxime groups is 1. The molecule has 18 heteroatoms. The first-order valence-electron chi connectivity index (χ1n) is 26.0. The molecule has 0 radical (unpaired) electrons. The summed E-state index contributed by atoms with van der Waals surface area (Å²) in [5, 5.41) is 29.4. The summed E-state index contributed by atoms with van der Waals surface area (Å²) in [6, 6.07) is 5.89. The fourth-order valence-corrected chi connectivity index (χ4v) is 7.40. The minimum absolute atomic E-state index is 0.0216. The van der Waals surface area contributed by atoms with E-state index in [1.54, 1.807) is 13.8 Å². The molecule has 0 heterocycles. The monoisotopic (exact) mass is 1010 g/mol. The second-order valence-electron chi connectivity index (χ2n) is 18.9. The zero-order valence-electron chi connectivity index (χ0n) is 44.1. The third-order valence-electron chi connectivity index (χ3n) is 11.7. The number of rotatable bonds is 42. The number of amides is 3. The molecular weight excluding hydrogens is 927 g/mol. The van der Waals surface area contributed by atoms with Crippen LogP contribution in [0.4, 0.5) is 0 Å². The summed E-state index contributed by atoms with van der Waals surface area (Å²) in [7, 11) is 0. The topological polar surface area (TPSA) is 295 Å². The zero-order chi connectivity index (χ0) is 54.3. The van der Waals surface area contributed by atoms with Gasteiger partial charge in [-0.1, -0.05) is 114 Å². The highest BCUT2D eigenvalue weighted by molar-refractivity contribution is 5.98. The fourth-order valence-electron chi connectivity index (χ4n) is 7.40. The van der Waals surface area contributed by atoms with Crippen molar-refractivity contribution in [3.05, 3.63) is 35.4 Å². The molecule has 0 aliphatic heterocycles. The van der Waals surface area contributed by atoms with Crippen molar-refractivity contribution in [1.82, 2.24) is 16.0 Å². The Morgan fingerprint density at radius 1 is 0.653 bits per heavy atom. The van der Waals surface area contributed by atoms with Crippen LogP contribution in [0.25, 0.3) is 0 Å². The summed E-state index contributed by atoms with van der Waals surface area (Å²) in [6.07, 6.45) is 16.1. The van der Waals surface area contributed by atoms with E-state index in [9.17, 15) is 47.9 Å². The van der Waals surface area contributed by atoms with E-state index in [2.05, 4.69) is 21.1 Å². The number of carbonyl (C=O) groups is 10. The number of carboxylic acid groups (broad SMARTS) is 1. The first-order chi connectivity index (χ1) is 34.2. The van der Waals surface area contributed by atoms with Gasteiger partial charge in [-0.05, 0) is 57.1 Å². The molecule has 0 fully saturated rings. The third kappa shape index (κ3) is 35.6. The third-order valence-corrected chi connectivity index (χ3v) is 11.7. The van der Waals surface area contributed by atoms with E-state index in [1.807, 2.05) is 45.0 Å². The lowest BCUT2D eigenvalue weighted by atomic mass is 9.95. The van der Waals surface area contributed by atoms with E-state index in [4.69, 9.17) is 20.8 Å². The Labute approximate surface area is 427 Å². The van der Waals surface area contributed by atoms with Crippen LogP contribution in [0.5, 0.6) is 0 Å². The fraction of sp³-hybridized carbons (Fsp3) is 0.685. The lowest BCUT2D eigenvalue weighted by Crippen LogP contribution is -2.42. The van der Waals surface area contributed by atoms with Gasteiger partial charge in [-0.15, -0.1) is 0 Å². The lowest BCUT2D eigenvalue weighted by molar-refractivity contribution is -0.144. The Balaban J connectivity index is 0.00000164. The first kappa shape index (κ1) is 66.5. The largest absolute Gasteiger partial charge is 0.481 e. The standard InChI is InChI=1S/C32H47N5O9.C22H40O4/c1-20(2)32(45)27(33)16-23-7-9-24(10-8-23)21(3)37-46-15-5-6-25(40)17-34-30(43)13-11-26(41)18-35-31(44)14-12-29(42)28(19-38)36-22(4)39;1-3-15-20(22(25)26)18-21(24)17-14-12-10-8-6-4-5-7-9-11-13-16-19(2)23/h7-10,20,27-28,38H,5-6,11-19,33H2,1-4H3,(H,34,43)(H,35,44)(H,36,39);20H,3-18H2,1-2H3,(H,25,26)/b37-21+;/t27-,28-;20-/m01/s1. The average molecular weight is 1010 g/mol. The number of carbonyl (C=O) groups excluding carboxylic acids is 9. The highest BCUT2D eigenvalue weighted by atomic mass is 16.6. The number of unbranched alkanes of at least 4 members (excludes halogenated alkanes) is 10. The molecule has 0 aromatic heterocycles. The van der Waals surface area contributed by atoms with Gasteiger partial charge in [0.25, 0.3) is 0 Å². The van der Waals surface area contributed by atoms with Gasteiger partial charge >= 0.3 is 5.97 Å². The number of carboxylic acids is 1. The van der Waals surface area contributed by atoms with Crippen LogP contribution in [0.1, 0.15) is 194 Å². The zero-order valence-corrected chi connectivity index (χ0v) is 44.1. The van der Waals surface area contributed by atoms with Gasteiger partial charge in [0.05, 0.1) is 37.4 Å². The Morgan fingerprint density at radius 2 is 1.15 bits per heavy atom. The number of ketones is 6. The number of Topliss-reactive ketones (excluding diaryl/α,β-unsaturated/α-hetero) is 6. The van der Waals surface area contributed by atoms with Crippen LogP contribution in [-0.2, 0) is 59.2 Å². The highest BCUT2D eigenvalue weighted by Crippen LogP contribution is 2.17. The van der Waals surface area contributed by atoms with Gasteiger partial charge in [0.1, 0.15) is 24.2 Å². The van der Waals surface area contributed by atoms with Crippen molar-refractivity contribution in [3.8, 4) is 0 Å². The summed E-state index contributed by atoms with van der Waals surface area (Å²) >= 11 is 0. The number of nitrogens with zero attached hydrogens (tertiary/aromatic N) is 1. The van der Waals surface area contributed by atoms with Crippen LogP contribution >= 0.6 is 0 Å². The molecule has 3 amide bonds. The summed E-state index contributed by atoms with van der Waals surface area (Å²) in [6.45, 7) is 9.36. The van der Waals surface area contributed by atoms with E-state index in [0.717, 1.165) is 43.2 Å². The van der Waals surface area contributed by atoms with Crippen molar-refractivity contribution < 1.29 is 63.0 Å². The van der Waals surface area contributed by atoms with Gasteiger partial charge in [0.2, 0.25) is 17.7 Å². The molecule has 0 unspecified atom stereocenters. The smallest absolute Gasteiger partial charge is 0.306 e. The predicted octanol–water partition coefficient (Wildman–Crippen LogP) is 6.41. The maximum absolute atomic E-state index is 12.1. The molecule has 1 rings (SSSR count). The van der Waals surface area contributed by atoms with Gasteiger partial charge in [-0.3, -0.25) is 43.2 Å². The molecule has 406 valence electrons. The van der Waals surface area contributed by atoms with Gasteiger partial charge in [-0.2, -0.15) is 0 Å². The molecule has 0 aliphatic rings. The minimum Gasteiger partial charge on any atom is -0.481 e. The molecule has 0 aliphatic carbocycles. The molecule has 1 aromatic rings. The van der Waals surface area contributed by atoms with Crippen molar-refractivity contribution in [3.63, 3.8) is 0 Å². The van der Waals surface area contributed by atoms with Gasteiger partial charge in [0.15, 0.2) is 23.1 Å². The van der Waals surface area contributed by atoms with Crippen LogP contribution < -0.4 is 21.7 Å². The summed E-state index contributed by atoms with van der Waals surface area (Å²) in [5.74, 6) is -3.67. The van der Waals surface area contributed by atoms with E-state index < -0.39 is 59.9 Å². The molecule has 7 N–H and O–H groups in total. The Kier molecular flexibility index (Phi) is 37.9. The number of hydrogen-bond donors (Lipinski definition) is 6. The van der Waals surface area contributed by atoms with Crippen molar-refractivity contribution in [2.24, 2.45) is 22.7 Å². The van der Waals surface area contributed by atoms with E-state index >= 15 is 0 Å². The SMILES string of the molecule is CC(=O)N[C@@H](CO)C(=O)CCC(=O)NCC(=O)CCC(=O)NCC(=O)CCCO/N=C(\C)c1ccc(C[C@H](N)C(=O)C(C)C)cc1.CCC[C@H](CC(=O)CCCCCCCCCCCCCC(C)=O)C(=O)O. The van der Waals surface area contributed by atoms with Crippen LogP contribution in [0, 0.1) is 11.8 Å². The van der Waals surface area contributed by atoms with Gasteiger partial charge in [0, 0.05) is 64.2 Å². The van der Waals surface area contributed by atoms with Gasteiger partial charge < -0.3 is 41.5 Å². The number of aliphatic hydroxyl groups excluding tert-OH is 1. The van der Waals surface area contributed by atoms with E-state index in [0.29, 0.717) is 37.2 Å². The number of nitrogens with two attached hydrogens (primary N) is 1. The summed E-state index contributed by atoms with van der Waals surface area (Å²) in [5.41, 5.74) is 8.43. The summed E-state index contributed by atoms with van der Waals surface area (Å²) in [4.78, 5) is 122. The quantitative estimate of drug-likeness (QED) is 0.0235. The van der Waals surface area contributed by atoms with Crippen LogP contribution in [0.3, 0.4) is 0 Å². The summed E-state index contributed by atoms with van der Waals surface area (Å²) < 4.78 is 0. The van der Waals surface area contributed by atoms with Gasteiger partial charge in [-0.25, -0.2) is 0 Å².